The fourth-order valence-electron chi connectivity index (χ4n) is 17.9. The minimum atomic E-state index is -0.639. The third-order valence-electron chi connectivity index (χ3n) is 22.4. The number of nitrogens with zero attached hydrogens (tertiary/aromatic N) is 2. The molecule has 16 aromatic rings. The molecule has 0 radical (unpaired) electrons. The molecule has 2 nitrogen and oxygen atoms in total. The molecule has 0 bridgehead atoms. The zero-order valence-corrected chi connectivity index (χ0v) is 59.4. The largest absolute Gasteiger partial charge is 0.309 e. The summed E-state index contributed by atoms with van der Waals surface area (Å²) in [7, 11) is 0. The number of anilines is 6. The van der Waals surface area contributed by atoms with Gasteiger partial charge >= 0.3 is 0 Å². The first-order chi connectivity index (χ1) is 51.1. The van der Waals surface area contributed by atoms with E-state index < -0.39 is 10.8 Å². The van der Waals surface area contributed by atoms with Crippen LogP contribution < -0.4 is 9.80 Å². The topological polar surface area (TPSA) is 6.48 Å². The summed E-state index contributed by atoms with van der Waals surface area (Å²) in [5.74, 6) is 1.08. The monoisotopic (exact) mass is 1330 g/mol. The third-order valence-corrected chi connectivity index (χ3v) is 22.4. The lowest BCUT2D eigenvalue weighted by molar-refractivity contribution is 0.646. The molecule has 0 amide bonds. The molecule has 2 aliphatic rings. The lowest BCUT2D eigenvalue weighted by Gasteiger charge is -2.35. The maximum absolute atomic E-state index is 4.18. The Morgan fingerprint density at radius 1 is 0.269 bits per heavy atom. The van der Waals surface area contributed by atoms with Crippen LogP contribution in [0.15, 0.2) is 353 Å². The number of hydrogen-bond acceptors (Lipinski definition) is 2. The van der Waals surface area contributed by atoms with E-state index in [-0.39, 0.29) is 0 Å². The second kappa shape index (κ2) is 25.9. The van der Waals surface area contributed by atoms with Crippen LogP contribution in [0.2, 0.25) is 0 Å². The third kappa shape index (κ3) is 10.3. The molecule has 0 spiro atoms. The summed E-state index contributed by atoms with van der Waals surface area (Å²) in [6.45, 7) is 17.6. The van der Waals surface area contributed by atoms with Crippen LogP contribution in [0, 0.1) is 11.8 Å². The van der Waals surface area contributed by atoms with Crippen molar-refractivity contribution >= 4 is 89.4 Å². The van der Waals surface area contributed by atoms with E-state index in [9.17, 15) is 0 Å². The maximum atomic E-state index is 4.18. The molecule has 0 fully saturated rings. The van der Waals surface area contributed by atoms with E-state index in [4.69, 9.17) is 0 Å². The van der Waals surface area contributed by atoms with Gasteiger partial charge in [-0.25, -0.2) is 0 Å². The highest BCUT2D eigenvalue weighted by Crippen LogP contribution is 2.60. The zero-order chi connectivity index (χ0) is 70.2. The van der Waals surface area contributed by atoms with Gasteiger partial charge in [0.2, 0.25) is 0 Å². The van der Waals surface area contributed by atoms with Crippen LogP contribution >= 0.6 is 0 Å². The fraction of sp³-hybridized carbons (Fsp3) is 0.0980. The standard InChI is InChI=1S/C102H80N2/c1-7-69-39-47-75(48-40-69)101(77-51-43-71(44-52-77)63-67(3)4)93-35-19-17-31-87(93)89-57-55-79(65-95(89)101)103(97-37-21-25-73-23-9-11-27-81(73)97)99-61-59-85(83-29-13-15-33-91(83)99)86-60-62-100(92-34-16-14-30-84(86)92)104(98-38-22-26-74-24-10-12-28-82(74)98)80-56-58-90-88-32-18-20-36-94(88)102(96(90)66-80,76-49-41-70(8-2)42-50-76)78-53-45-72(46-54-78)64-68(5)6/h7-62,65-68H,1-2,63-64H2,3-6H3. The van der Waals surface area contributed by atoms with Crippen molar-refractivity contribution in [3.8, 4) is 33.4 Å². The van der Waals surface area contributed by atoms with Crippen molar-refractivity contribution < 1.29 is 0 Å². The molecule has 0 aliphatic heterocycles. The molecule has 0 aromatic heterocycles. The molecule has 18 rings (SSSR count). The van der Waals surface area contributed by atoms with Gasteiger partial charge in [-0.1, -0.05) is 344 Å². The number of fused-ring (bicyclic) bond motifs is 10. The number of hydrogen-bond donors (Lipinski definition) is 0. The van der Waals surface area contributed by atoms with E-state index >= 15 is 0 Å². The van der Waals surface area contributed by atoms with E-state index in [0.717, 1.165) is 80.0 Å². The van der Waals surface area contributed by atoms with Crippen LogP contribution in [0.3, 0.4) is 0 Å². The quantitative estimate of drug-likeness (QED) is 0.0896. The van der Waals surface area contributed by atoms with Crippen LogP contribution in [0.25, 0.3) is 88.6 Å². The fourth-order valence-corrected chi connectivity index (χ4v) is 17.9. The van der Waals surface area contributed by atoms with Crippen LogP contribution in [-0.2, 0) is 23.7 Å². The van der Waals surface area contributed by atoms with Gasteiger partial charge in [0.05, 0.1) is 33.6 Å². The molecule has 2 unspecified atom stereocenters. The lowest BCUT2D eigenvalue weighted by atomic mass is 9.67. The van der Waals surface area contributed by atoms with Gasteiger partial charge in [0.15, 0.2) is 0 Å². The van der Waals surface area contributed by atoms with Crippen molar-refractivity contribution in [2.75, 3.05) is 9.80 Å². The Hall–Kier alpha value is -12.4. The Labute approximate surface area is 611 Å². The molecule has 2 atom stereocenters. The Bertz CT molecular complexity index is 5650. The Morgan fingerprint density at radius 3 is 0.962 bits per heavy atom. The van der Waals surface area contributed by atoms with Crippen molar-refractivity contribution in [2.45, 2.75) is 51.4 Å². The van der Waals surface area contributed by atoms with E-state index in [1.54, 1.807) is 0 Å². The molecule has 0 saturated heterocycles. The molecule has 0 N–H and O–H groups in total. The average molecular weight is 1330 g/mol. The van der Waals surface area contributed by atoms with Crippen molar-refractivity contribution in [1.29, 1.82) is 0 Å². The van der Waals surface area contributed by atoms with Crippen LogP contribution in [0.5, 0.6) is 0 Å². The highest BCUT2D eigenvalue weighted by Gasteiger charge is 2.48. The van der Waals surface area contributed by atoms with Crippen molar-refractivity contribution in [3.05, 3.63) is 420 Å². The van der Waals surface area contributed by atoms with Gasteiger partial charge < -0.3 is 9.80 Å². The van der Waals surface area contributed by atoms with E-state index in [1.807, 2.05) is 12.2 Å². The van der Waals surface area contributed by atoms with E-state index in [1.165, 1.54) is 110 Å². The Kier molecular flexibility index (Phi) is 15.9. The van der Waals surface area contributed by atoms with Crippen molar-refractivity contribution in [3.63, 3.8) is 0 Å². The van der Waals surface area contributed by atoms with Crippen LogP contribution in [-0.4, -0.2) is 0 Å². The van der Waals surface area contributed by atoms with Crippen molar-refractivity contribution in [2.24, 2.45) is 11.8 Å². The first kappa shape index (κ1) is 63.8. The summed E-state index contributed by atoms with van der Waals surface area (Å²) in [5, 5.41) is 9.34. The maximum Gasteiger partial charge on any atom is 0.0714 e. The highest BCUT2D eigenvalue weighted by molar-refractivity contribution is 6.15. The minimum Gasteiger partial charge on any atom is -0.309 e. The second-order valence-corrected chi connectivity index (χ2v) is 29.3. The van der Waals surface area contributed by atoms with Crippen LogP contribution in [0.4, 0.5) is 34.1 Å². The van der Waals surface area contributed by atoms with Gasteiger partial charge in [0.1, 0.15) is 0 Å². The van der Waals surface area contributed by atoms with Gasteiger partial charge in [-0.3, -0.25) is 0 Å². The zero-order valence-electron chi connectivity index (χ0n) is 59.4. The van der Waals surface area contributed by atoms with Gasteiger partial charge in [0.25, 0.3) is 0 Å². The average Bonchev–Trinajstić information content (AvgIpc) is 1.54. The SMILES string of the molecule is C=Cc1ccc(C2(c3ccc(CC(C)C)cc3)c3ccccc3-c3ccc(N(c4cccc5ccccc45)c4ccc(-c5ccc(N(c6ccc7c(c6)C(c6ccc(C=C)cc6)(c6ccc(CC(C)C)cc6)c6ccccc6-7)c6cccc7ccccc67)c6ccccc56)c5ccccc45)cc32)cc1. The van der Waals surface area contributed by atoms with Gasteiger partial charge in [0, 0.05) is 32.9 Å². The summed E-state index contributed by atoms with van der Waals surface area (Å²) >= 11 is 0. The minimum absolute atomic E-state index is 0.542. The highest BCUT2D eigenvalue weighted by atomic mass is 15.2. The van der Waals surface area contributed by atoms with Gasteiger partial charge in [-0.05, 0) is 195 Å². The molecule has 0 heterocycles. The van der Waals surface area contributed by atoms with Gasteiger partial charge in [-0.15, -0.1) is 0 Å². The molecular weight excluding hydrogens is 1250 g/mol. The number of rotatable bonds is 17. The molecule has 0 saturated carbocycles. The molecule has 2 aliphatic carbocycles. The molecule has 498 valence electrons. The lowest BCUT2D eigenvalue weighted by Crippen LogP contribution is -2.29. The van der Waals surface area contributed by atoms with E-state index in [2.05, 4.69) is 390 Å². The normalized spacial score (nSPS) is 14.9. The second-order valence-electron chi connectivity index (χ2n) is 29.3. The molecule has 2 heteroatoms. The predicted octanol–water partition coefficient (Wildman–Crippen LogP) is 27.3. The summed E-state index contributed by atoms with van der Waals surface area (Å²) < 4.78 is 0. The summed E-state index contributed by atoms with van der Waals surface area (Å²) in [4.78, 5) is 5.08. The first-order valence-corrected chi connectivity index (χ1v) is 36.9. The van der Waals surface area contributed by atoms with E-state index in [0.29, 0.717) is 11.8 Å². The predicted molar refractivity (Wildman–Crippen MR) is 443 cm³/mol. The molecule has 104 heavy (non-hydrogen) atoms. The molecular formula is C102H80N2. The summed E-state index contributed by atoms with van der Waals surface area (Å²) in [6.07, 6.45) is 5.93. The van der Waals surface area contributed by atoms with Crippen LogP contribution in [0.1, 0.15) is 94.5 Å². The first-order valence-electron chi connectivity index (χ1n) is 36.9. The molecule has 16 aromatic carbocycles. The van der Waals surface area contributed by atoms with Gasteiger partial charge in [-0.2, -0.15) is 0 Å². The Morgan fingerprint density at radius 2 is 0.577 bits per heavy atom. The summed E-state index contributed by atoms with van der Waals surface area (Å²) in [5.41, 5.74) is 27.5. The summed E-state index contributed by atoms with van der Waals surface area (Å²) in [6, 6.07) is 129. The Balaban J connectivity index is 0.833. The number of benzene rings is 16. The smallest absolute Gasteiger partial charge is 0.0714 e. The van der Waals surface area contributed by atoms with Crippen molar-refractivity contribution in [1.82, 2.24) is 0 Å².